The van der Waals surface area contributed by atoms with E-state index in [0.717, 1.165) is 12.8 Å². The van der Waals surface area contributed by atoms with Crippen LogP contribution in [0.15, 0.2) is 24.3 Å². The standard InChI is InChI=1S/C27H38N4O8/c1-3-4-9-29(11-8-28)24(34)15-30-14-18(17-12-20(37-2)26-21(13-17)38-16-39-26)25(27(35)36)19(30)7-10-31-22(32)5-6-23(31)33/h5-6,12-13,18-19,25,32-33H,3-4,7-11,14-16,28H2,1-2H3,(H,35,36)/t18-,19+,25?/m1/s1. The van der Waals surface area contributed by atoms with Gasteiger partial charge in [0.1, 0.15) is 0 Å². The zero-order valence-corrected chi connectivity index (χ0v) is 22.4. The number of carbonyl (C=O) groups excluding carboxylic acids is 1. The van der Waals surface area contributed by atoms with Gasteiger partial charge in [-0.3, -0.25) is 19.1 Å². The molecule has 0 radical (unpaired) electrons. The van der Waals surface area contributed by atoms with Gasteiger partial charge >= 0.3 is 5.97 Å². The van der Waals surface area contributed by atoms with Crippen LogP contribution in [0.25, 0.3) is 0 Å². The first-order chi connectivity index (χ1) is 18.8. The molecule has 0 spiro atoms. The zero-order valence-electron chi connectivity index (χ0n) is 22.4. The molecule has 0 bridgehead atoms. The summed E-state index contributed by atoms with van der Waals surface area (Å²) in [6.07, 6.45) is 2.06. The van der Waals surface area contributed by atoms with E-state index in [-0.39, 0.29) is 44.0 Å². The van der Waals surface area contributed by atoms with Gasteiger partial charge in [-0.05, 0) is 30.5 Å². The van der Waals surface area contributed by atoms with Crippen molar-refractivity contribution in [2.24, 2.45) is 11.7 Å². The molecule has 0 aliphatic carbocycles. The van der Waals surface area contributed by atoms with E-state index in [1.54, 1.807) is 17.0 Å². The molecule has 1 amide bonds. The molecule has 2 aliphatic heterocycles. The molecule has 12 heteroatoms. The van der Waals surface area contributed by atoms with Crippen LogP contribution in [-0.4, -0.2) is 94.2 Å². The summed E-state index contributed by atoms with van der Waals surface area (Å²) < 4.78 is 17.9. The fourth-order valence-corrected chi connectivity index (χ4v) is 5.63. The van der Waals surface area contributed by atoms with Crippen LogP contribution in [0.4, 0.5) is 0 Å². The highest BCUT2D eigenvalue weighted by molar-refractivity contribution is 5.79. The fraction of sp³-hybridized carbons (Fsp3) is 0.556. The molecule has 2 aliphatic rings. The van der Waals surface area contributed by atoms with Crippen LogP contribution in [0, 0.1) is 5.92 Å². The van der Waals surface area contributed by atoms with E-state index in [1.165, 1.54) is 23.8 Å². The van der Waals surface area contributed by atoms with Gasteiger partial charge in [0, 0.05) is 56.8 Å². The molecule has 1 unspecified atom stereocenters. The third kappa shape index (κ3) is 6.01. The largest absolute Gasteiger partial charge is 0.494 e. The fourth-order valence-electron chi connectivity index (χ4n) is 5.63. The second-order valence-corrected chi connectivity index (χ2v) is 9.94. The van der Waals surface area contributed by atoms with Crippen molar-refractivity contribution >= 4 is 11.9 Å². The van der Waals surface area contributed by atoms with Crippen molar-refractivity contribution in [3.8, 4) is 29.0 Å². The Hall–Kier alpha value is -3.64. The summed E-state index contributed by atoms with van der Waals surface area (Å²) in [5.41, 5.74) is 6.48. The van der Waals surface area contributed by atoms with Crippen molar-refractivity contribution in [1.29, 1.82) is 0 Å². The number of nitrogens with zero attached hydrogens (tertiary/aromatic N) is 3. The van der Waals surface area contributed by atoms with Gasteiger partial charge in [-0.1, -0.05) is 13.3 Å². The maximum Gasteiger partial charge on any atom is 0.308 e. The molecule has 1 aromatic heterocycles. The Kier molecular flexibility index (Phi) is 9.08. The van der Waals surface area contributed by atoms with Crippen LogP contribution in [0.3, 0.4) is 0 Å². The lowest BCUT2D eigenvalue weighted by Gasteiger charge is -2.29. The quantitative estimate of drug-likeness (QED) is 0.292. The van der Waals surface area contributed by atoms with E-state index in [2.05, 4.69) is 6.92 Å². The number of carboxylic acid groups (broad SMARTS) is 1. The highest BCUT2D eigenvalue weighted by Gasteiger charge is 2.47. The Labute approximate surface area is 227 Å². The second-order valence-electron chi connectivity index (χ2n) is 9.94. The average molecular weight is 547 g/mol. The molecule has 2 aromatic rings. The number of likely N-dealkylation sites (tertiary alicyclic amines) is 1. The number of hydrogen-bond donors (Lipinski definition) is 4. The van der Waals surface area contributed by atoms with E-state index in [1.807, 2.05) is 4.90 Å². The first kappa shape index (κ1) is 28.4. The van der Waals surface area contributed by atoms with Gasteiger partial charge in [0.25, 0.3) is 0 Å². The number of rotatable bonds is 13. The number of unbranched alkanes of at least 4 members (excludes halogenated alkanes) is 1. The van der Waals surface area contributed by atoms with E-state index < -0.39 is 23.8 Å². The van der Waals surface area contributed by atoms with E-state index in [9.17, 15) is 24.9 Å². The minimum absolute atomic E-state index is 0.0278. The predicted molar refractivity (Wildman–Crippen MR) is 141 cm³/mol. The number of amides is 1. The number of aromatic hydroxyl groups is 2. The van der Waals surface area contributed by atoms with Crippen molar-refractivity contribution in [2.75, 3.05) is 46.6 Å². The minimum Gasteiger partial charge on any atom is -0.494 e. The third-order valence-corrected chi connectivity index (χ3v) is 7.60. The van der Waals surface area contributed by atoms with Crippen molar-refractivity contribution < 1.29 is 39.1 Å². The molecule has 39 heavy (non-hydrogen) atoms. The van der Waals surface area contributed by atoms with Crippen molar-refractivity contribution in [3.63, 3.8) is 0 Å². The van der Waals surface area contributed by atoms with Crippen LogP contribution < -0.4 is 19.9 Å². The molecular weight excluding hydrogens is 508 g/mol. The molecule has 1 fully saturated rings. The number of fused-ring (bicyclic) bond motifs is 1. The summed E-state index contributed by atoms with van der Waals surface area (Å²) in [6.45, 7) is 3.95. The molecule has 3 heterocycles. The Morgan fingerprint density at radius 2 is 1.92 bits per heavy atom. The number of carboxylic acids is 1. The number of aliphatic carboxylic acids is 1. The Bertz CT molecular complexity index is 1150. The van der Waals surface area contributed by atoms with Gasteiger partial charge in [-0.15, -0.1) is 0 Å². The molecular formula is C27H38N4O8. The number of aromatic nitrogens is 1. The first-order valence-electron chi connectivity index (χ1n) is 13.3. The molecule has 1 saturated heterocycles. The lowest BCUT2D eigenvalue weighted by molar-refractivity contribution is -0.144. The van der Waals surface area contributed by atoms with Gasteiger partial charge in [0.2, 0.25) is 18.4 Å². The molecule has 0 saturated carbocycles. The molecule has 5 N–H and O–H groups in total. The third-order valence-electron chi connectivity index (χ3n) is 7.60. The molecule has 214 valence electrons. The number of nitrogens with two attached hydrogens (primary N) is 1. The summed E-state index contributed by atoms with van der Waals surface area (Å²) in [4.78, 5) is 29.8. The lowest BCUT2D eigenvalue weighted by atomic mass is 9.84. The van der Waals surface area contributed by atoms with Gasteiger partial charge in [0.15, 0.2) is 23.3 Å². The maximum atomic E-state index is 13.4. The summed E-state index contributed by atoms with van der Waals surface area (Å²) >= 11 is 0. The average Bonchev–Trinajstić information content (AvgIpc) is 3.62. The van der Waals surface area contributed by atoms with Crippen molar-refractivity contribution in [3.05, 3.63) is 29.8 Å². The Morgan fingerprint density at radius 3 is 2.56 bits per heavy atom. The van der Waals surface area contributed by atoms with Crippen molar-refractivity contribution in [1.82, 2.24) is 14.4 Å². The predicted octanol–water partition coefficient (Wildman–Crippen LogP) is 1.78. The Morgan fingerprint density at radius 1 is 1.18 bits per heavy atom. The minimum atomic E-state index is -0.998. The van der Waals surface area contributed by atoms with Gasteiger partial charge in [-0.2, -0.15) is 0 Å². The van der Waals surface area contributed by atoms with Gasteiger partial charge in [0.05, 0.1) is 19.6 Å². The van der Waals surface area contributed by atoms with Gasteiger partial charge in [-0.25, -0.2) is 0 Å². The number of hydrogen-bond acceptors (Lipinski definition) is 9. The highest BCUT2D eigenvalue weighted by Crippen LogP contribution is 2.47. The maximum absolute atomic E-state index is 13.4. The van der Waals surface area contributed by atoms with E-state index in [0.29, 0.717) is 49.0 Å². The first-order valence-corrected chi connectivity index (χ1v) is 13.3. The van der Waals surface area contributed by atoms with E-state index >= 15 is 0 Å². The summed E-state index contributed by atoms with van der Waals surface area (Å²) in [5.74, 6) is -1.30. The number of methoxy groups -OCH3 is 1. The smallest absolute Gasteiger partial charge is 0.308 e. The second kappa shape index (κ2) is 12.5. The number of ether oxygens (including phenoxy) is 3. The van der Waals surface area contributed by atoms with Crippen molar-refractivity contribution in [2.45, 2.75) is 44.7 Å². The SMILES string of the molecule is CCCCN(CCN)C(=O)CN1C[C@H](c2cc(OC)c3c(c2)OCO3)C(C(=O)O)[C@@H]1CCn1c(O)ccc1O. The zero-order chi connectivity index (χ0) is 28.1. The molecule has 12 nitrogen and oxygen atoms in total. The van der Waals surface area contributed by atoms with Gasteiger partial charge < -0.3 is 40.2 Å². The Balaban J connectivity index is 1.66. The monoisotopic (exact) mass is 546 g/mol. The number of carbonyl (C=O) groups is 2. The topological polar surface area (TPSA) is 160 Å². The summed E-state index contributed by atoms with van der Waals surface area (Å²) in [7, 11) is 1.51. The van der Waals surface area contributed by atoms with Crippen LogP contribution >= 0.6 is 0 Å². The van der Waals surface area contributed by atoms with Crippen LogP contribution in [0.2, 0.25) is 0 Å². The molecule has 4 rings (SSSR count). The molecule has 1 aromatic carbocycles. The number of benzene rings is 1. The normalized spacial score (nSPS) is 20.3. The summed E-state index contributed by atoms with van der Waals surface area (Å²) in [5, 5.41) is 30.7. The van der Waals surface area contributed by atoms with Crippen LogP contribution in [0.1, 0.15) is 37.7 Å². The van der Waals surface area contributed by atoms with E-state index in [4.69, 9.17) is 19.9 Å². The van der Waals surface area contributed by atoms with Crippen LogP contribution in [0.5, 0.6) is 29.0 Å². The lowest BCUT2D eigenvalue weighted by Crippen LogP contribution is -2.46. The molecule has 3 atom stereocenters. The summed E-state index contributed by atoms with van der Waals surface area (Å²) in [6, 6.07) is 5.74. The highest BCUT2D eigenvalue weighted by atomic mass is 16.7. The van der Waals surface area contributed by atoms with Crippen LogP contribution in [-0.2, 0) is 16.1 Å².